The summed E-state index contributed by atoms with van der Waals surface area (Å²) in [5.41, 5.74) is 0.994. The van der Waals surface area contributed by atoms with E-state index in [-0.39, 0.29) is 0 Å². The molecule has 1 rings (SSSR count). The number of hydrogen-bond acceptors (Lipinski definition) is 1. The van der Waals surface area contributed by atoms with E-state index < -0.39 is 0 Å². The number of alkyl halides is 1. The van der Waals surface area contributed by atoms with Gasteiger partial charge in [0, 0.05) is 11.5 Å². The highest BCUT2D eigenvalue weighted by atomic mass is 79.9. The zero-order valence-electron chi connectivity index (χ0n) is 7.30. The van der Waals surface area contributed by atoms with E-state index in [0.717, 1.165) is 21.5 Å². The van der Waals surface area contributed by atoms with Gasteiger partial charge in [0.05, 0.1) is 10.3 Å². The summed E-state index contributed by atoms with van der Waals surface area (Å²) in [5, 5.41) is 0.755. The maximum Gasteiger partial charge on any atom is 0.137 e. The molecule has 13 heavy (non-hydrogen) atoms. The molecule has 0 amide bonds. The van der Waals surface area contributed by atoms with Crippen molar-refractivity contribution in [3.05, 3.63) is 30.4 Å². The van der Waals surface area contributed by atoms with Crippen LogP contribution in [-0.2, 0) is 5.33 Å². The molecule has 4 heteroatoms. The smallest absolute Gasteiger partial charge is 0.137 e. The standard InChI is InChI=1S/C9H10Br2N2/c1-3-4-9-12-8(5-10)6-13(9)7(2)11/h3-4,6H,2,5H2,1H3/b4-3-. The average Bonchev–Trinajstić information content (AvgIpc) is 2.48. The quantitative estimate of drug-likeness (QED) is 0.780. The first-order valence-electron chi connectivity index (χ1n) is 3.80. The molecule has 0 saturated heterocycles. The number of allylic oxidation sites excluding steroid dienone is 1. The van der Waals surface area contributed by atoms with Crippen LogP contribution in [-0.4, -0.2) is 9.55 Å². The molecule has 0 aliphatic heterocycles. The molecule has 2 nitrogen and oxygen atoms in total. The molecule has 0 saturated carbocycles. The number of halogens is 2. The van der Waals surface area contributed by atoms with Crippen LogP contribution in [0.25, 0.3) is 10.7 Å². The molecule has 0 aliphatic carbocycles. The summed E-state index contributed by atoms with van der Waals surface area (Å²) < 4.78 is 2.69. The van der Waals surface area contributed by atoms with E-state index in [9.17, 15) is 0 Å². The van der Waals surface area contributed by atoms with E-state index in [2.05, 4.69) is 43.4 Å². The topological polar surface area (TPSA) is 17.8 Å². The molecular weight excluding hydrogens is 296 g/mol. The summed E-state index contributed by atoms with van der Waals surface area (Å²) in [7, 11) is 0. The number of hydrogen-bond donors (Lipinski definition) is 0. The Hall–Kier alpha value is -0.350. The summed E-state index contributed by atoms with van der Waals surface area (Å²) in [6, 6.07) is 0. The van der Waals surface area contributed by atoms with Gasteiger partial charge in [-0.15, -0.1) is 0 Å². The second kappa shape index (κ2) is 4.77. The molecule has 1 aromatic heterocycles. The van der Waals surface area contributed by atoms with Crippen molar-refractivity contribution in [2.75, 3.05) is 0 Å². The van der Waals surface area contributed by atoms with Crippen LogP contribution in [0.5, 0.6) is 0 Å². The van der Waals surface area contributed by atoms with Crippen LogP contribution in [0, 0.1) is 0 Å². The Kier molecular flexibility index (Phi) is 3.93. The summed E-state index contributed by atoms with van der Waals surface area (Å²) >= 11 is 6.69. The largest absolute Gasteiger partial charge is 0.294 e. The first kappa shape index (κ1) is 10.7. The molecule has 0 atom stereocenters. The minimum absolute atomic E-state index is 0.755. The molecule has 0 N–H and O–H groups in total. The van der Waals surface area contributed by atoms with Gasteiger partial charge in [0.15, 0.2) is 0 Å². The summed E-state index contributed by atoms with van der Waals surface area (Å²) in [5.74, 6) is 0.888. The number of imidazole rings is 1. The SMILES string of the molecule is C=C(Br)n1cc(CBr)nc1/C=C\C. The molecular formula is C9H10Br2N2. The highest BCUT2D eigenvalue weighted by Crippen LogP contribution is 2.17. The third-order valence-corrected chi connectivity index (χ3v) is 2.45. The lowest BCUT2D eigenvalue weighted by Crippen LogP contribution is -1.90. The predicted octanol–water partition coefficient (Wildman–Crippen LogP) is 3.63. The Morgan fingerprint density at radius 1 is 1.77 bits per heavy atom. The van der Waals surface area contributed by atoms with Gasteiger partial charge in [-0.3, -0.25) is 4.57 Å². The second-order valence-electron chi connectivity index (χ2n) is 2.47. The van der Waals surface area contributed by atoms with Crippen LogP contribution >= 0.6 is 31.9 Å². The molecule has 0 unspecified atom stereocenters. The number of aromatic nitrogens is 2. The van der Waals surface area contributed by atoms with Gasteiger partial charge in [-0.2, -0.15) is 0 Å². The van der Waals surface area contributed by atoms with Gasteiger partial charge in [-0.1, -0.05) is 28.6 Å². The first-order valence-corrected chi connectivity index (χ1v) is 5.72. The molecule has 0 spiro atoms. The monoisotopic (exact) mass is 304 g/mol. The van der Waals surface area contributed by atoms with E-state index in [1.165, 1.54) is 0 Å². The van der Waals surface area contributed by atoms with Crippen LogP contribution in [0.1, 0.15) is 18.4 Å². The molecule has 0 bridgehead atoms. The third-order valence-electron chi connectivity index (χ3n) is 1.50. The highest BCUT2D eigenvalue weighted by Gasteiger charge is 2.04. The maximum absolute atomic E-state index is 4.38. The van der Waals surface area contributed by atoms with Crippen LogP contribution in [0.3, 0.4) is 0 Å². The van der Waals surface area contributed by atoms with E-state index >= 15 is 0 Å². The fourth-order valence-electron chi connectivity index (χ4n) is 0.970. The normalized spacial score (nSPS) is 11.0. The molecule has 1 aromatic rings. The Morgan fingerprint density at radius 3 is 2.92 bits per heavy atom. The Balaban J connectivity index is 3.14. The molecule has 70 valence electrons. The fourth-order valence-corrected chi connectivity index (χ4v) is 1.52. The van der Waals surface area contributed by atoms with Crippen LogP contribution in [0.4, 0.5) is 0 Å². The second-order valence-corrected chi connectivity index (χ2v) is 3.95. The van der Waals surface area contributed by atoms with E-state index in [1.54, 1.807) is 0 Å². The molecule has 1 heterocycles. The van der Waals surface area contributed by atoms with Crippen LogP contribution < -0.4 is 0 Å². The van der Waals surface area contributed by atoms with E-state index in [4.69, 9.17) is 0 Å². The zero-order chi connectivity index (χ0) is 9.84. The van der Waals surface area contributed by atoms with E-state index in [1.807, 2.05) is 29.8 Å². The van der Waals surface area contributed by atoms with Crippen molar-refractivity contribution in [3.8, 4) is 0 Å². The van der Waals surface area contributed by atoms with Gasteiger partial charge in [-0.05, 0) is 28.9 Å². The van der Waals surface area contributed by atoms with Gasteiger partial charge < -0.3 is 0 Å². The summed E-state index contributed by atoms with van der Waals surface area (Å²) in [6.07, 6.45) is 5.84. The lowest BCUT2D eigenvalue weighted by atomic mass is 10.5. The molecule has 0 aromatic carbocycles. The van der Waals surface area contributed by atoms with Crippen molar-refractivity contribution >= 4 is 42.5 Å². The minimum atomic E-state index is 0.755. The average molecular weight is 306 g/mol. The summed E-state index contributed by atoms with van der Waals surface area (Å²) in [6.45, 7) is 5.77. The molecule has 0 fully saturated rings. The van der Waals surface area contributed by atoms with Crippen molar-refractivity contribution in [1.82, 2.24) is 9.55 Å². The van der Waals surface area contributed by atoms with Crippen LogP contribution in [0.15, 0.2) is 18.9 Å². The lowest BCUT2D eigenvalue weighted by molar-refractivity contribution is 1.10. The summed E-state index contributed by atoms with van der Waals surface area (Å²) in [4.78, 5) is 4.38. The molecule has 0 radical (unpaired) electrons. The van der Waals surface area contributed by atoms with Crippen molar-refractivity contribution in [1.29, 1.82) is 0 Å². The van der Waals surface area contributed by atoms with Gasteiger partial charge >= 0.3 is 0 Å². The predicted molar refractivity (Wildman–Crippen MR) is 63.8 cm³/mol. The van der Waals surface area contributed by atoms with Crippen LogP contribution in [0.2, 0.25) is 0 Å². The van der Waals surface area contributed by atoms with Crippen molar-refractivity contribution in [2.24, 2.45) is 0 Å². The van der Waals surface area contributed by atoms with Crippen molar-refractivity contribution in [2.45, 2.75) is 12.3 Å². The number of nitrogens with zero attached hydrogens (tertiary/aromatic N) is 2. The zero-order valence-corrected chi connectivity index (χ0v) is 10.5. The van der Waals surface area contributed by atoms with Gasteiger partial charge in [0.1, 0.15) is 5.82 Å². The Morgan fingerprint density at radius 2 is 2.46 bits per heavy atom. The first-order chi connectivity index (χ1) is 6.19. The van der Waals surface area contributed by atoms with Crippen molar-refractivity contribution in [3.63, 3.8) is 0 Å². The maximum atomic E-state index is 4.38. The lowest BCUT2D eigenvalue weighted by Gasteiger charge is -1.99. The molecule has 0 aliphatic rings. The van der Waals surface area contributed by atoms with Crippen molar-refractivity contribution < 1.29 is 0 Å². The minimum Gasteiger partial charge on any atom is -0.294 e. The van der Waals surface area contributed by atoms with Gasteiger partial charge in [-0.25, -0.2) is 4.98 Å². The Labute approximate surface area is 94.6 Å². The number of rotatable bonds is 3. The highest BCUT2D eigenvalue weighted by molar-refractivity contribution is 9.14. The van der Waals surface area contributed by atoms with E-state index in [0.29, 0.717) is 0 Å². The van der Waals surface area contributed by atoms with Gasteiger partial charge in [0.25, 0.3) is 0 Å². The third kappa shape index (κ3) is 2.54. The van der Waals surface area contributed by atoms with Gasteiger partial charge in [0.2, 0.25) is 0 Å². The fraction of sp³-hybridized carbons (Fsp3) is 0.222. The Bertz CT molecular complexity index is 339.